The quantitative estimate of drug-likeness (QED) is 0.816. The van der Waals surface area contributed by atoms with Gasteiger partial charge in [0.15, 0.2) is 0 Å². The first-order chi connectivity index (χ1) is 10.9. The van der Waals surface area contributed by atoms with Gasteiger partial charge in [-0.1, -0.05) is 18.2 Å². The Morgan fingerprint density at radius 2 is 1.74 bits per heavy atom. The van der Waals surface area contributed by atoms with E-state index < -0.39 is 15.7 Å². The number of hydrogen-bond donors (Lipinski definition) is 1. The Labute approximate surface area is 133 Å². The molecule has 0 saturated carbocycles. The first kappa shape index (κ1) is 16.8. The van der Waals surface area contributed by atoms with Crippen molar-refractivity contribution in [2.45, 2.75) is 11.3 Å². The van der Waals surface area contributed by atoms with Gasteiger partial charge >= 0.3 is 0 Å². The maximum absolute atomic E-state index is 12.8. The van der Waals surface area contributed by atoms with Gasteiger partial charge in [-0.05, 0) is 42.3 Å². The highest BCUT2D eigenvalue weighted by molar-refractivity contribution is 8.04. The highest BCUT2D eigenvalue weighted by Gasteiger charge is 2.17. The predicted molar refractivity (Wildman–Crippen MR) is 82.8 cm³/mol. The molecule has 0 aliphatic heterocycles. The average Bonchev–Trinajstić information content (AvgIpc) is 2.55. The van der Waals surface area contributed by atoms with E-state index in [9.17, 15) is 22.4 Å². The van der Waals surface area contributed by atoms with E-state index in [1.165, 1.54) is 36.4 Å². The zero-order valence-corrected chi connectivity index (χ0v) is 12.8. The van der Waals surface area contributed by atoms with Gasteiger partial charge in [0.25, 0.3) is 5.91 Å². The van der Waals surface area contributed by atoms with E-state index in [1.54, 1.807) is 12.1 Å². The molecule has 0 radical (unpaired) electrons. The maximum Gasteiger partial charge on any atom is 0.251 e. The van der Waals surface area contributed by atoms with E-state index in [4.69, 9.17) is 0 Å². The molecule has 0 atom stereocenters. The van der Waals surface area contributed by atoms with E-state index in [-0.39, 0.29) is 29.4 Å². The van der Waals surface area contributed by atoms with E-state index in [2.05, 4.69) is 5.32 Å². The van der Waals surface area contributed by atoms with Crippen LogP contribution in [0.5, 0.6) is 0 Å². The minimum absolute atomic E-state index is 0.0639. The standard InChI is InChI=1S/C16H14FNO4S/c17-14-7-5-13(6-8-14)16(20)18-10-9-12-3-1-2-4-15(12)23(21,22)11-19/h1-8,11H,9-10H2,(H,18,20). The van der Waals surface area contributed by atoms with Crippen molar-refractivity contribution in [2.75, 3.05) is 6.54 Å². The van der Waals surface area contributed by atoms with Crippen LogP contribution in [0.2, 0.25) is 0 Å². The zero-order valence-electron chi connectivity index (χ0n) is 12.0. The SMILES string of the molecule is O=CS(=O)(=O)c1ccccc1CCNC(=O)c1ccc(F)cc1. The largest absolute Gasteiger partial charge is 0.352 e. The van der Waals surface area contributed by atoms with Crippen LogP contribution in [-0.2, 0) is 21.1 Å². The van der Waals surface area contributed by atoms with Gasteiger partial charge in [-0.15, -0.1) is 0 Å². The molecule has 0 aliphatic rings. The Bertz CT molecular complexity index is 816. The number of rotatable bonds is 6. The van der Waals surface area contributed by atoms with Crippen molar-refractivity contribution < 1.29 is 22.4 Å². The van der Waals surface area contributed by atoms with Crippen molar-refractivity contribution in [2.24, 2.45) is 0 Å². The van der Waals surface area contributed by atoms with Crippen LogP contribution in [0.1, 0.15) is 15.9 Å². The summed E-state index contributed by atoms with van der Waals surface area (Å²) in [5.41, 5.74) is 0.655. The van der Waals surface area contributed by atoms with Crippen LogP contribution >= 0.6 is 0 Å². The fraction of sp³-hybridized carbons (Fsp3) is 0.125. The van der Waals surface area contributed by atoms with Crippen LogP contribution in [0.4, 0.5) is 4.39 Å². The topological polar surface area (TPSA) is 80.3 Å². The molecule has 0 bridgehead atoms. The highest BCUT2D eigenvalue weighted by Crippen LogP contribution is 2.15. The predicted octanol–water partition coefficient (Wildman–Crippen LogP) is 1.76. The molecule has 7 heteroatoms. The lowest BCUT2D eigenvalue weighted by Gasteiger charge is -2.08. The average molecular weight is 335 g/mol. The Balaban J connectivity index is 2.03. The summed E-state index contributed by atoms with van der Waals surface area (Å²) >= 11 is 0. The molecule has 0 aliphatic carbocycles. The van der Waals surface area contributed by atoms with Gasteiger partial charge < -0.3 is 5.32 Å². The molecule has 0 saturated heterocycles. The first-order valence-corrected chi connectivity index (χ1v) is 8.30. The Hall–Kier alpha value is -2.54. The molecular formula is C16H14FNO4S. The van der Waals surface area contributed by atoms with Gasteiger partial charge in [0.2, 0.25) is 15.5 Å². The number of hydrogen-bond acceptors (Lipinski definition) is 4. The van der Waals surface area contributed by atoms with Crippen molar-refractivity contribution in [1.82, 2.24) is 5.32 Å². The van der Waals surface area contributed by atoms with Crippen molar-refractivity contribution >= 4 is 21.4 Å². The van der Waals surface area contributed by atoms with Crippen LogP contribution < -0.4 is 5.32 Å². The molecule has 0 unspecified atom stereocenters. The number of carbonyl (C=O) groups excluding carboxylic acids is 2. The molecule has 120 valence electrons. The minimum atomic E-state index is -3.97. The van der Waals surface area contributed by atoms with E-state index in [0.717, 1.165) is 0 Å². The first-order valence-electron chi connectivity index (χ1n) is 6.76. The third-order valence-corrected chi connectivity index (χ3v) is 4.46. The smallest absolute Gasteiger partial charge is 0.251 e. The van der Waals surface area contributed by atoms with Gasteiger partial charge in [0.1, 0.15) is 5.82 Å². The molecular weight excluding hydrogens is 321 g/mol. The Kier molecular flexibility index (Phi) is 5.23. The number of amides is 1. The molecule has 0 spiro atoms. The van der Waals surface area contributed by atoms with Crippen molar-refractivity contribution in [3.05, 3.63) is 65.5 Å². The maximum atomic E-state index is 12.8. The number of sulfone groups is 1. The normalized spacial score (nSPS) is 11.0. The van der Waals surface area contributed by atoms with Crippen LogP contribution in [0.3, 0.4) is 0 Å². The Morgan fingerprint density at radius 3 is 2.39 bits per heavy atom. The molecule has 1 amide bonds. The molecule has 5 nitrogen and oxygen atoms in total. The summed E-state index contributed by atoms with van der Waals surface area (Å²) in [5.74, 6) is -0.824. The van der Waals surface area contributed by atoms with Gasteiger partial charge in [-0.3, -0.25) is 9.59 Å². The summed E-state index contributed by atoms with van der Waals surface area (Å²) < 4.78 is 36.2. The lowest BCUT2D eigenvalue weighted by molar-refractivity contribution is 0.0954. The lowest BCUT2D eigenvalue weighted by atomic mass is 10.1. The third-order valence-electron chi connectivity index (χ3n) is 3.19. The summed E-state index contributed by atoms with van der Waals surface area (Å²) in [5, 5.41) is 2.62. The third kappa shape index (κ3) is 4.23. The molecule has 2 aromatic rings. The van der Waals surface area contributed by atoms with Gasteiger partial charge in [0, 0.05) is 12.1 Å². The summed E-state index contributed by atoms with van der Waals surface area (Å²) in [6, 6.07) is 11.2. The van der Waals surface area contributed by atoms with Crippen molar-refractivity contribution in [1.29, 1.82) is 0 Å². The van der Waals surface area contributed by atoms with Crippen LogP contribution in [-0.4, -0.2) is 26.5 Å². The van der Waals surface area contributed by atoms with Gasteiger partial charge in [0.05, 0.1) is 4.90 Å². The number of nitrogens with one attached hydrogen (secondary N) is 1. The molecule has 0 heterocycles. The molecule has 0 aromatic heterocycles. The zero-order chi connectivity index (χ0) is 16.9. The summed E-state index contributed by atoms with van der Waals surface area (Å²) in [4.78, 5) is 22.5. The molecule has 1 N–H and O–H groups in total. The molecule has 23 heavy (non-hydrogen) atoms. The van der Waals surface area contributed by atoms with E-state index in [1.807, 2.05) is 0 Å². The molecule has 2 rings (SSSR count). The van der Waals surface area contributed by atoms with Gasteiger partial charge in [-0.25, -0.2) is 12.8 Å². The van der Waals surface area contributed by atoms with Crippen molar-refractivity contribution in [3.8, 4) is 0 Å². The summed E-state index contributed by atoms with van der Waals surface area (Å²) in [6.45, 7) is 0.182. The lowest BCUT2D eigenvalue weighted by Crippen LogP contribution is -2.26. The Morgan fingerprint density at radius 1 is 1.09 bits per heavy atom. The molecule has 0 fully saturated rings. The van der Waals surface area contributed by atoms with Gasteiger partial charge in [-0.2, -0.15) is 0 Å². The van der Waals surface area contributed by atoms with Crippen LogP contribution in [0.15, 0.2) is 53.4 Å². The second-order valence-electron chi connectivity index (χ2n) is 4.76. The summed E-state index contributed by atoms with van der Waals surface area (Å²) in [7, 11) is -3.97. The minimum Gasteiger partial charge on any atom is -0.352 e. The van der Waals surface area contributed by atoms with Crippen molar-refractivity contribution in [3.63, 3.8) is 0 Å². The fourth-order valence-corrected chi connectivity index (χ4v) is 2.96. The number of halogens is 1. The molecule has 2 aromatic carbocycles. The second kappa shape index (κ2) is 7.15. The highest BCUT2D eigenvalue weighted by atomic mass is 32.2. The number of carbonyl (C=O) groups is 2. The van der Waals surface area contributed by atoms with Crippen LogP contribution in [0.25, 0.3) is 0 Å². The van der Waals surface area contributed by atoms with E-state index in [0.29, 0.717) is 11.1 Å². The fourth-order valence-electron chi connectivity index (χ4n) is 2.05. The second-order valence-corrected chi connectivity index (χ2v) is 6.48. The number of benzene rings is 2. The summed E-state index contributed by atoms with van der Waals surface area (Å²) in [6.07, 6.45) is 0.246. The van der Waals surface area contributed by atoms with E-state index >= 15 is 0 Å². The van der Waals surface area contributed by atoms with Crippen LogP contribution in [0, 0.1) is 5.82 Å². The monoisotopic (exact) mass is 335 g/mol.